The van der Waals surface area contributed by atoms with Crippen LogP contribution >= 0.6 is 0 Å². The van der Waals surface area contributed by atoms with Gasteiger partial charge in [-0.05, 0) is 86.3 Å². The number of pyridine rings is 2. The van der Waals surface area contributed by atoms with Gasteiger partial charge in [0.1, 0.15) is 13.1 Å². The molecule has 4 unspecified atom stereocenters. The van der Waals surface area contributed by atoms with Crippen molar-refractivity contribution in [2.45, 2.75) is 170 Å². The molecule has 61 heavy (non-hydrogen) atoms. The number of halogens is 15. The van der Waals surface area contributed by atoms with Gasteiger partial charge in [0.15, 0.2) is 31.0 Å². The Balaban J connectivity index is 1.62. The van der Waals surface area contributed by atoms with Crippen LogP contribution in [0.2, 0.25) is 0 Å². The first kappa shape index (κ1) is 51.8. The Kier molecular flexibility index (Phi) is 18.4. The summed E-state index contributed by atoms with van der Waals surface area (Å²) in [6, 6.07) is 18.5. The minimum Gasteiger partial charge on any atom is -0.241 e. The molecular weight excluding hydrogens is 841 g/mol. The Morgan fingerprint density at radius 2 is 0.951 bits per heavy atom. The lowest BCUT2D eigenvalue weighted by Crippen LogP contribution is -2.72. The number of aryl methyl sites for hydroxylation is 2. The quantitative estimate of drug-likeness (QED) is 0.0409. The molecule has 342 valence electrons. The third-order valence-electron chi connectivity index (χ3n) is 11.3. The normalized spacial score (nSPS) is 15.5. The van der Waals surface area contributed by atoms with E-state index in [-0.39, 0.29) is 24.7 Å². The average Bonchev–Trinajstić information content (AvgIpc) is 3.22. The van der Waals surface area contributed by atoms with Crippen molar-refractivity contribution in [2.24, 2.45) is 0 Å². The summed E-state index contributed by atoms with van der Waals surface area (Å²) in [5.41, 5.74) is 3.54. The SMILES string of the molecule is [CH]CCCCC[n+]1ccc(C(C)CC(CC(CC)c2ccccc2)c2cc[n+](CCCCCCC(F)C(F)(F)C(F)(F)C(F)(F)C(F)(F)C(F)(F)C(F)(F)C(F)F)cc2)cc1. The van der Waals surface area contributed by atoms with Crippen LogP contribution in [-0.4, -0.2) is 48.1 Å². The summed E-state index contributed by atoms with van der Waals surface area (Å²) in [5.74, 6) is -45.4. The van der Waals surface area contributed by atoms with E-state index in [4.69, 9.17) is 6.92 Å². The smallest absolute Gasteiger partial charge is 0.241 e. The fourth-order valence-corrected chi connectivity index (χ4v) is 7.29. The minimum atomic E-state index is -8.17. The lowest BCUT2D eigenvalue weighted by atomic mass is 9.78. The molecule has 0 N–H and O–H groups in total. The number of benzene rings is 1. The third-order valence-corrected chi connectivity index (χ3v) is 11.3. The number of rotatable bonds is 27. The monoisotopic (exact) mass is 894 g/mol. The van der Waals surface area contributed by atoms with Crippen LogP contribution in [0.25, 0.3) is 0 Å². The van der Waals surface area contributed by atoms with E-state index in [0.29, 0.717) is 25.3 Å². The highest BCUT2D eigenvalue weighted by atomic mass is 19.4. The van der Waals surface area contributed by atoms with Gasteiger partial charge in [-0.1, -0.05) is 63.4 Å². The fraction of sp³-hybridized carbons (Fsp3) is 0.614. The molecule has 0 saturated carbocycles. The van der Waals surface area contributed by atoms with E-state index in [9.17, 15) is 65.9 Å². The van der Waals surface area contributed by atoms with Crippen LogP contribution in [0.4, 0.5) is 65.9 Å². The van der Waals surface area contributed by atoms with E-state index in [2.05, 4.69) is 55.1 Å². The van der Waals surface area contributed by atoms with E-state index in [1.165, 1.54) is 11.1 Å². The van der Waals surface area contributed by atoms with Gasteiger partial charge in [-0.15, -0.1) is 0 Å². The first-order valence-corrected chi connectivity index (χ1v) is 20.3. The van der Waals surface area contributed by atoms with Crippen LogP contribution in [0.15, 0.2) is 79.4 Å². The van der Waals surface area contributed by atoms with Crippen molar-refractivity contribution in [1.82, 2.24) is 0 Å². The largest absolute Gasteiger partial charge is 0.384 e. The van der Waals surface area contributed by atoms with Crippen LogP contribution in [0.3, 0.4) is 0 Å². The molecule has 17 heteroatoms. The first-order chi connectivity index (χ1) is 28.4. The van der Waals surface area contributed by atoms with E-state index >= 15 is 0 Å². The molecule has 2 aromatic heterocycles. The Bertz CT molecular complexity index is 1720. The molecule has 0 aliphatic rings. The Labute approximate surface area is 347 Å². The lowest BCUT2D eigenvalue weighted by molar-refractivity contribution is -0.697. The number of nitrogens with zero attached hydrogens (tertiary/aromatic N) is 2. The second-order valence-electron chi connectivity index (χ2n) is 15.7. The fourth-order valence-electron chi connectivity index (χ4n) is 7.29. The molecule has 0 bridgehead atoms. The van der Waals surface area contributed by atoms with E-state index in [1.807, 2.05) is 47.3 Å². The molecule has 2 nitrogen and oxygen atoms in total. The Hall–Kier alpha value is -3.53. The summed E-state index contributed by atoms with van der Waals surface area (Å²) in [5, 5.41) is 0. The zero-order valence-electron chi connectivity index (χ0n) is 33.9. The van der Waals surface area contributed by atoms with E-state index in [1.54, 1.807) is 0 Å². The summed E-state index contributed by atoms with van der Waals surface area (Å²) in [6.45, 7) is 11.2. The van der Waals surface area contributed by atoms with Gasteiger partial charge in [-0.2, -0.15) is 52.7 Å². The Morgan fingerprint density at radius 1 is 0.508 bits per heavy atom. The number of hydrogen-bond donors (Lipinski definition) is 0. The van der Waals surface area contributed by atoms with Crippen molar-refractivity contribution in [3.05, 3.63) is 103 Å². The van der Waals surface area contributed by atoms with Crippen molar-refractivity contribution in [2.75, 3.05) is 0 Å². The average molecular weight is 895 g/mol. The number of unbranched alkanes of at least 4 members (excludes halogenated alkanes) is 6. The summed E-state index contributed by atoms with van der Waals surface area (Å²) < 4.78 is 208. The second-order valence-corrected chi connectivity index (χ2v) is 15.7. The molecule has 3 rings (SSSR count). The summed E-state index contributed by atoms with van der Waals surface area (Å²) >= 11 is 0. The molecule has 0 amide bonds. The highest BCUT2D eigenvalue weighted by Crippen LogP contribution is 2.61. The third kappa shape index (κ3) is 11.9. The summed E-state index contributed by atoms with van der Waals surface area (Å²) in [6.07, 6.45) is 2.27. The predicted molar refractivity (Wildman–Crippen MR) is 200 cm³/mol. The maximum Gasteiger partial charge on any atom is 0.384 e. The van der Waals surface area contributed by atoms with Crippen molar-refractivity contribution in [3.8, 4) is 0 Å². The van der Waals surface area contributed by atoms with Gasteiger partial charge < -0.3 is 0 Å². The van der Waals surface area contributed by atoms with Crippen LogP contribution in [-0.2, 0) is 13.1 Å². The van der Waals surface area contributed by atoms with Crippen molar-refractivity contribution < 1.29 is 75.0 Å². The lowest BCUT2D eigenvalue weighted by Gasteiger charge is -2.41. The van der Waals surface area contributed by atoms with E-state index < -0.39 is 61.0 Å². The summed E-state index contributed by atoms with van der Waals surface area (Å²) in [7, 11) is 0. The van der Waals surface area contributed by atoms with Gasteiger partial charge in [0.2, 0.25) is 0 Å². The molecule has 0 fully saturated rings. The molecule has 0 aliphatic heterocycles. The zero-order chi connectivity index (χ0) is 45.9. The number of aromatic nitrogens is 2. The van der Waals surface area contributed by atoms with Crippen LogP contribution in [0.5, 0.6) is 0 Å². The van der Waals surface area contributed by atoms with Crippen molar-refractivity contribution >= 4 is 0 Å². The molecule has 1 aromatic carbocycles. The van der Waals surface area contributed by atoms with Gasteiger partial charge >= 0.3 is 42.0 Å². The maximum atomic E-state index is 14.3. The number of hydrogen-bond acceptors (Lipinski definition) is 0. The van der Waals surface area contributed by atoms with Gasteiger partial charge in [0.05, 0.1) is 0 Å². The Morgan fingerprint density at radius 3 is 1.43 bits per heavy atom. The molecule has 2 heterocycles. The molecule has 0 saturated heterocycles. The van der Waals surface area contributed by atoms with Gasteiger partial charge in [0.25, 0.3) is 0 Å². The standard InChI is InChI=1S/C44H53F15N2/c1-4-6-7-14-23-60-25-19-33(20-26-60)31(3)29-36(30-32(5-2)34-16-11-10-12-17-34)35-21-27-61(28-22-35)24-15-9-8-13-18-37(45)39(48,49)41(52,53)43(56,57)44(58,59)42(54,55)40(50,51)38(46)47/h1,10-12,16-17,19-22,25-28,31-32,36-38H,4-9,13-15,18,23-24,29-30H2,2-3H3/q+2. The molecule has 4 atom stereocenters. The van der Waals surface area contributed by atoms with Crippen LogP contribution in [0, 0.1) is 6.92 Å². The van der Waals surface area contributed by atoms with Crippen molar-refractivity contribution in [3.63, 3.8) is 0 Å². The maximum absolute atomic E-state index is 14.3. The van der Waals surface area contributed by atoms with Crippen LogP contribution < -0.4 is 9.13 Å². The van der Waals surface area contributed by atoms with Crippen molar-refractivity contribution in [1.29, 1.82) is 0 Å². The topological polar surface area (TPSA) is 7.76 Å². The predicted octanol–water partition coefficient (Wildman–Crippen LogP) is 13.8. The molecular formula is C44H53F15N2+2. The second kappa shape index (κ2) is 21.7. The van der Waals surface area contributed by atoms with Gasteiger partial charge in [0, 0.05) is 37.1 Å². The van der Waals surface area contributed by atoms with Gasteiger partial charge in [-0.3, -0.25) is 0 Å². The molecule has 2 radical (unpaired) electrons. The molecule has 3 aromatic rings. The van der Waals surface area contributed by atoms with Crippen LogP contribution in [0.1, 0.15) is 125 Å². The number of alkyl halides is 15. The van der Waals surface area contributed by atoms with E-state index in [0.717, 1.165) is 50.6 Å². The summed E-state index contributed by atoms with van der Waals surface area (Å²) in [4.78, 5) is 0. The zero-order valence-corrected chi connectivity index (χ0v) is 33.9. The van der Waals surface area contributed by atoms with Gasteiger partial charge in [-0.25, -0.2) is 22.3 Å². The molecule has 0 aliphatic carbocycles. The first-order valence-electron chi connectivity index (χ1n) is 20.3. The minimum absolute atomic E-state index is 0.141. The highest BCUT2D eigenvalue weighted by molar-refractivity contribution is 5.23. The highest BCUT2D eigenvalue weighted by Gasteiger charge is 2.91. The molecule has 0 spiro atoms.